The van der Waals surface area contributed by atoms with Crippen LogP contribution in [0.4, 0.5) is 0 Å². The Bertz CT molecular complexity index is 224. The smallest absolute Gasteiger partial charge is 0.322 e. The summed E-state index contributed by atoms with van der Waals surface area (Å²) in [4.78, 5) is 11.6. The molecule has 0 aromatic heterocycles. The molecule has 0 aromatic rings. The fourth-order valence-corrected chi connectivity index (χ4v) is 2.00. The summed E-state index contributed by atoms with van der Waals surface area (Å²) in [6, 6.07) is -0.198. The second-order valence-corrected chi connectivity index (χ2v) is 4.73. The highest BCUT2D eigenvalue weighted by Gasteiger charge is 2.34. The summed E-state index contributed by atoms with van der Waals surface area (Å²) in [6.45, 7) is 5.66. The first-order valence-corrected chi connectivity index (χ1v) is 6.04. The van der Waals surface area contributed by atoms with E-state index in [4.69, 9.17) is 9.47 Å². The maximum Gasteiger partial charge on any atom is 0.322 e. The van der Waals surface area contributed by atoms with Gasteiger partial charge in [-0.2, -0.15) is 0 Å². The van der Waals surface area contributed by atoms with E-state index in [1.165, 1.54) is 7.11 Å². The molecule has 1 aliphatic heterocycles. The maximum atomic E-state index is 11.6. The molecule has 16 heavy (non-hydrogen) atoms. The van der Waals surface area contributed by atoms with Crippen molar-refractivity contribution in [3.8, 4) is 0 Å². The molecule has 4 heteroatoms. The Kier molecular flexibility index (Phi) is 5.22. The molecule has 1 saturated heterocycles. The van der Waals surface area contributed by atoms with Crippen molar-refractivity contribution in [1.29, 1.82) is 0 Å². The monoisotopic (exact) mass is 229 g/mol. The highest BCUT2D eigenvalue weighted by molar-refractivity contribution is 5.75. The molecule has 0 amide bonds. The predicted octanol–water partition coefficient (Wildman–Crippen LogP) is 1.49. The van der Waals surface area contributed by atoms with E-state index in [2.05, 4.69) is 19.2 Å². The SMILES string of the molecule is CCCCC(NC1(C)CCOC1)C(=O)OC. The van der Waals surface area contributed by atoms with Crippen molar-refractivity contribution in [3.63, 3.8) is 0 Å². The van der Waals surface area contributed by atoms with Gasteiger partial charge in [-0.3, -0.25) is 10.1 Å². The standard InChI is InChI=1S/C12H23NO3/c1-4-5-6-10(11(14)15-3)13-12(2)7-8-16-9-12/h10,13H,4-9H2,1-3H3. The number of methoxy groups -OCH3 is 1. The van der Waals surface area contributed by atoms with Crippen molar-refractivity contribution < 1.29 is 14.3 Å². The van der Waals surface area contributed by atoms with Gasteiger partial charge in [-0.05, 0) is 19.8 Å². The number of esters is 1. The minimum atomic E-state index is -0.198. The highest BCUT2D eigenvalue weighted by atomic mass is 16.5. The van der Waals surface area contributed by atoms with Crippen molar-refractivity contribution in [2.45, 2.75) is 51.1 Å². The van der Waals surface area contributed by atoms with Gasteiger partial charge in [-0.25, -0.2) is 0 Å². The fraction of sp³-hybridized carbons (Fsp3) is 0.917. The van der Waals surface area contributed by atoms with Crippen LogP contribution in [-0.2, 0) is 14.3 Å². The van der Waals surface area contributed by atoms with Crippen LogP contribution in [0.3, 0.4) is 0 Å². The topological polar surface area (TPSA) is 47.6 Å². The van der Waals surface area contributed by atoms with Crippen LogP contribution in [0.2, 0.25) is 0 Å². The molecule has 0 saturated carbocycles. The lowest BCUT2D eigenvalue weighted by Crippen LogP contribution is -2.52. The van der Waals surface area contributed by atoms with Gasteiger partial charge in [0.2, 0.25) is 0 Å². The Morgan fingerprint density at radius 3 is 2.88 bits per heavy atom. The lowest BCUT2D eigenvalue weighted by atomic mass is 9.98. The van der Waals surface area contributed by atoms with Gasteiger partial charge in [0.05, 0.1) is 13.7 Å². The molecule has 1 fully saturated rings. The molecule has 1 aliphatic rings. The third-order valence-electron chi connectivity index (χ3n) is 3.07. The largest absolute Gasteiger partial charge is 0.468 e. The summed E-state index contributed by atoms with van der Waals surface area (Å²) in [5, 5.41) is 3.38. The van der Waals surface area contributed by atoms with E-state index < -0.39 is 0 Å². The van der Waals surface area contributed by atoms with Crippen LogP contribution in [0.25, 0.3) is 0 Å². The number of hydrogen-bond donors (Lipinski definition) is 1. The molecule has 2 atom stereocenters. The summed E-state index contributed by atoms with van der Waals surface area (Å²) in [6.07, 6.45) is 3.90. The van der Waals surface area contributed by atoms with Gasteiger partial charge in [0.25, 0.3) is 0 Å². The Balaban J connectivity index is 2.51. The molecule has 1 heterocycles. The van der Waals surface area contributed by atoms with Gasteiger partial charge in [-0.1, -0.05) is 19.8 Å². The summed E-state index contributed by atoms with van der Waals surface area (Å²) in [5.74, 6) is -0.165. The molecule has 2 unspecified atom stereocenters. The quantitative estimate of drug-likeness (QED) is 0.701. The van der Waals surface area contributed by atoms with Crippen LogP contribution >= 0.6 is 0 Å². The van der Waals surface area contributed by atoms with E-state index in [1.54, 1.807) is 0 Å². The van der Waals surface area contributed by atoms with Crippen LogP contribution in [0.5, 0.6) is 0 Å². The van der Waals surface area contributed by atoms with E-state index >= 15 is 0 Å². The number of rotatable bonds is 6. The number of unbranched alkanes of at least 4 members (excludes halogenated alkanes) is 1. The third kappa shape index (κ3) is 3.76. The Morgan fingerprint density at radius 2 is 2.38 bits per heavy atom. The second-order valence-electron chi connectivity index (χ2n) is 4.73. The van der Waals surface area contributed by atoms with Crippen LogP contribution < -0.4 is 5.32 Å². The van der Waals surface area contributed by atoms with Gasteiger partial charge >= 0.3 is 5.97 Å². The van der Waals surface area contributed by atoms with Crippen molar-refractivity contribution in [2.75, 3.05) is 20.3 Å². The first kappa shape index (κ1) is 13.5. The van der Waals surface area contributed by atoms with E-state index in [9.17, 15) is 4.79 Å². The third-order valence-corrected chi connectivity index (χ3v) is 3.07. The Labute approximate surface area is 97.7 Å². The normalized spacial score (nSPS) is 26.7. The molecule has 1 rings (SSSR count). The summed E-state index contributed by atoms with van der Waals surface area (Å²) >= 11 is 0. The van der Waals surface area contributed by atoms with Gasteiger partial charge in [0.15, 0.2) is 0 Å². The number of hydrogen-bond acceptors (Lipinski definition) is 4. The summed E-state index contributed by atoms with van der Waals surface area (Å²) in [7, 11) is 1.44. The van der Waals surface area contributed by atoms with E-state index in [0.29, 0.717) is 6.61 Å². The average molecular weight is 229 g/mol. The zero-order valence-corrected chi connectivity index (χ0v) is 10.5. The van der Waals surface area contributed by atoms with Crippen LogP contribution in [0.1, 0.15) is 39.5 Å². The van der Waals surface area contributed by atoms with Gasteiger partial charge < -0.3 is 9.47 Å². The maximum absolute atomic E-state index is 11.6. The molecular weight excluding hydrogens is 206 g/mol. The van der Waals surface area contributed by atoms with E-state index in [0.717, 1.165) is 32.3 Å². The Morgan fingerprint density at radius 1 is 1.62 bits per heavy atom. The molecular formula is C12H23NO3. The molecule has 94 valence electrons. The number of nitrogens with one attached hydrogen (secondary N) is 1. The molecule has 4 nitrogen and oxygen atoms in total. The molecule has 0 aromatic carbocycles. The first-order valence-electron chi connectivity index (χ1n) is 6.04. The zero-order chi connectivity index (χ0) is 12.0. The molecule has 0 bridgehead atoms. The average Bonchev–Trinajstić information content (AvgIpc) is 2.70. The second kappa shape index (κ2) is 6.21. The van der Waals surface area contributed by atoms with Gasteiger partial charge in [0.1, 0.15) is 6.04 Å². The minimum absolute atomic E-state index is 0.0768. The van der Waals surface area contributed by atoms with Crippen molar-refractivity contribution in [3.05, 3.63) is 0 Å². The molecule has 0 aliphatic carbocycles. The minimum Gasteiger partial charge on any atom is -0.468 e. The Hall–Kier alpha value is -0.610. The fourth-order valence-electron chi connectivity index (χ4n) is 2.00. The first-order chi connectivity index (χ1) is 7.61. The van der Waals surface area contributed by atoms with Crippen molar-refractivity contribution in [2.24, 2.45) is 0 Å². The van der Waals surface area contributed by atoms with Crippen LogP contribution in [0.15, 0.2) is 0 Å². The van der Waals surface area contributed by atoms with Crippen molar-refractivity contribution in [1.82, 2.24) is 5.32 Å². The van der Waals surface area contributed by atoms with Gasteiger partial charge in [-0.15, -0.1) is 0 Å². The van der Waals surface area contributed by atoms with Crippen LogP contribution in [-0.4, -0.2) is 37.9 Å². The van der Waals surface area contributed by atoms with E-state index in [-0.39, 0.29) is 17.6 Å². The number of carbonyl (C=O) groups excluding carboxylic acids is 1. The van der Waals surface area contributed by atoms with Gasteiger partial charge in [0, 0.05) is 12.1 Å². The number of ether oxygens (including phenoxy) is 2. The zero-order valence-electron chi connectivity index (χ0n) is 10.5. The highest BCUT2D eigenvalue weighted by Crippen LogP contribution is 2.19. The number of carbonyl (C=O) groups is 1. The molecule has 0 radical (unpaired) electrons. The summed E-state index contributed by atoms with van der Waals surface area (Å²) in [5.41, 5.74) is -0.0768. The van der Waals surface area contributed by atoms with Crippen molar-refractivity contribution >= 4 is 5.97 Å². The lowest BCUT2D eigenvalue weighted by Gasteiger charge is -2.28. The lowest BCUT2D eigenvalue weighted by molar-refractivity contribution is -0.144. The summed E-state index contributed by atoms with van der Waals surface area (Å²) < 4.78 is 10.2. The molecule has 0 spiro atoms. The predicted molar refractivity (Wildman–Crippen MR) is 62.3 cm³/mol. The van der Waals surface area contributed by atoms with Crippen LogP contribution in [0, 0.1) is 0 Å². The molecule has 1 N–H and O–H groups in total. The van der Waals surface area contributed by atoms with E-state index in [1.807, 2.05) is 0 Å².